The maximum absolute atomic E-state index is 15.3. The number of aliphatic hydroxyl groups is 1. The van der Waals surface area contributed by atoms with Crippen molar-refractivity contribution in [2.24, 2.45) is 4.99 Å². The summed E-state index contributed by atoms with van der Waals surface area (Å²) in [5.41, 5.74) is 0.883. The summed E-state index contributed by atoms with van der Waals surface area (Å²) in [4.78, 5) is 17.4. The average Bonchev–Trinajstić information content (AvgIpc) is 3.23. The number of hydrogen-bond donors (Lipinski definition) is 2. The minimum atomic E-state index is -4.21. The molecule has 0 aliphatic carbocycles. The summed E-state index contributed by atoms with van der Waals surface area (Å²) >= 11 is 0. The van der Waals surface area contributed by atoms with E-state index in [9.17, 15) is 14.5 Å². The number of amides is 1. The predicted molar refractivity (Wildman–Crippen MR) is 125 cm³/mol. The third-order valence-electron chi connectivity index (χ3n) is 6.09. The number of carbonyl (C=O) groups excluding carboxylic acids is 1. The molecule has 5 rings (SSSR count). The molecule has 2 N–H and O–H groups in total. The van der Waals surface area contributed by atoms with Crippen LogP contribution in [0, 0.1) is 0 Å². The molecule has 2 saturated heterocycles. The molecule has 14 heteroatoms. The fraction of sp³-hybridized carbons (Fsp3) is 0.565. The zero-order valence-electron chi connectivity index (χ0n) is 20.6. The monoisotopic (exact) mass is 543 g/mol. The normalized spacial score (nSPS) is 33.5. The quantitative estimate of drug-likeness (QED) is 0.551. The van der Waals surface area contributed by atoms with E-state index in [-0.39, 0.29) is 11.4 Å². The van der Waals surface area contributed by atoms with Crippen molar-refractivity contribution >= 4 is 19.6 Å². The van der Waals surface area contributed by atoms with Crippen LogP contribution in [0.1, 0.15) is 43.6 Å². The molecule has 0 aromatic heterocycles. The van der Waals surface area contributed by atoms with Gasteiger partial charge in [-0.25, -0.2) is 9.56 Å². The number of ether oxygens (including phenoxy) is 2. The van der Waals surface area contributed by atoms with E-state index in [0.717, 1.165) is 16.7 Å². The fourth-order valence-corrected chi connectivity index (χ4v) is 6.15. The largest absolute Gasteiger partial charge is 0.487 e. The first kappa shape index (κ1) is 26.2. The Kier molecular flexibility index (Phi) is 6.45. The molecule has 0 spiro atoms. The molecule has 4 aliphatic rings. The molecule has 1 amide bonds. The average molecular weight is 543 g/mol. The number of aliphatic hydroxyl groups excluding tert-OH is 1. The number of halogens is 2. The van der Waals surface area contributed by atoms with Crippen LogP contribution in [0.25, 0.3) is 0 Å². The molecular formula is C23H28F2N3O8P. The Hall–Kier alpha value is -2.41. The number of phosphoric acid groups is 1. The molecule has 2 fully saturated rings. The Morgan fingerprint density at radius 2 is 2.11 bits per heavy atom. The summed E-state index contributed by atoms with van der Waals surface area (Å²) in [6.07, 6.45) is -4.52. The SMILES string of the molecule is CC(C)OP1(=O)OC[C@H]2OC(N3C=CC(NC(=O)c4ccc5c(c4)CC(C)(C)O5)=NC3O)C(F)(F)[C@@H]2O1. The summed E-state index contributed by atoms with van der Waals surface area (Å²) < 4.78 is 69.5. The molecule has 202 valence electrons. The van der Waals surface area contributed by atoms with E-state index in [4.69, 9.17) is 23.0 Å². The van der Waals surface area contributed by atoms with Crippen LogP contribution in [-0.2, 0) is 29.3 Å². The lowest BCUT2D eigenvalue weighted by atomic mass is 10.00. The molecule has 0 saturated carbocycles. The first-order chi connectivity index (χ1) is 17.3. The van der Waals surface area contributed by atoms with Gasteiger partial charge in [-0.3, -0.25) is 18.4 Å². The van der Waals surface area contributed by atoms with E-state index in [1.54, 1.807) is 32.0 Å². The van der Waals surface area contributed by atoms with Crippen LogP contribution >= 0.6 is 7.82 Å². The number of hydrogen-bond acceptors (Lipinski definition) is 10. The van der Waals surface area contributed by atoms with Crippen molar-refractivity contribution in [1.82, 2.24) is 10.2 Å². The number of benzene rings is 1. The molecule has 0 bridgehead atoms. The van der Waals surface area contributed by atoms with Gasteiger partial charge in [0.05, 0.1) is 12.7 Å². The van der Waals surface area contributed by atoms with Crippen LogP contribution in [0.5, 0.6) is 5.75 Å². The second kappa shape index (κ2) is 9.11. The van der Waals surface area contributed by atoms with Gasteiger partial charge in [-0.2, -0.15) is 8.78 Å². The molecule has 3 unspecified atom stereocenters. The third-order valence-corrected chi connectivity index (χ3v) is 7.72. The molecule has 1 aromatic carbocycles. The lowest BCUT2D eigenvalue weighted by molar-refractivity contribution is -0.183. The lowest BCUT2D eigenvalue weighted by Gasteiger charge is -2.35. The minimum Gasteiger partial charge on any atom is -0.487 e. The predicted octanol–water partition coefficient (Wildman–Crippen LogP) is 2.94. The number of phosphoric ester groups is 1. The van der Waals surface area contributed by atoms with Crippen LogP contribution in [0.2, 0.25) is 0 Å². The zero-order chi connectivity index (χ0) is 26.8. The molecule has 4 heterocycles. The number of aliphatic imine (C=N–C) groups is 1. The molecule has 4 aliphatic heterocycles. The number of carbonyl (C=O) groups is 1. The van der Waals surface area contributed by atoms with E-state index >= 15 is 8.78 Å². The van der Waals surface area contributed by atoms with Crippen molar-refractivity contribution in [3.63, 3.8) is 0 Å². The van der Waals surface area contributed by atoms with Crippen molar-refractivity contribution in [3.8, 4) is 5.75 Å². The highest BCUT2D eigenvalue weighted by molar-refractivity contribution is 7.48. The Morgan fingerprint density at radius 1 is 1.35 bits per heavy atom. The highest BCUT2D eigenvalue weighted by Crippen LogP contribution is 2.59. The van der Waals surface area contributed by atoms with Crippen LogP contribution in [-0.4, -0.2) is 70.8 Å². The third kappa shape index (κ3) is 5.04. The summed E-state index contributed by atoms with van der Waals surface area (Å²) in [6.45, 7) is 6.58. The van der Waals surface area contributed by atoms with Crippen LogP contribution in [0.3, 0.4) is 0 Å². The fourth-order valence-electron chi connectivity index (χ4n) is 4.58. The Balaban J connectivity index is 1.25. The van der Waals surface area contributed by atoms with Crippen LogP contribution in [0.4, 0.5) is 8.78 Å². The van der Waals surface area contributed by atoms with E-state index in [0.29, 0.717) is 17.7 Å². The summed E-state index contributed by atoms with van der Waals surface area (Å²) in [5, 5.41) is 13.1. The van der Waals surface area contributed by atoms with Crippen molar-refractivity contribution < 1.29 is 46.3 Å². The number of fused-ring (bicyclic) bond motifs is 2. The van der Waals surface area contributed by atoms with Gasteiger partial charge < -0.3 is 24.8 Å². The van der Waals surface area contributed by atoms with Gasteiger partial charge in [-0.15, -0.1) is 0 Å². The Morgan fingerprint density at radius 3 is 2.81 bits per heavy atom. The summed E-state index contributed by atoms with van der Waals surface area (Å²) in [5.74, 6) is -3.51. The second-order valence-electron chi connectivity index (χ2n) is 10.1. The van der Waals surface area contributed by atoms with Gasteiger partial charge in [-0.05, 0) is 57.5 Å². The van der Waals surface area contributed by atoms with Crippen molar-refractivity contribution in [2.75, 3.05) is 6.61 Å². The van der Waals surface area contributed by atoms with Gasteiger partial charge in [0, 0.05) is 18.2 Å². The highest BCUT2D eigenvalue weighted by atomic mass is 31.2. The smallest absolute Gasteiger partial charge is 0.475 e. The van der Waals surface area contributed by atoms with Crippen LogP contribution < -0.4 is 10.1 Å². The van der Waals surface area contributed by atoms with Crippen molar-refractivity contribution in [3.05, 3.63) is 41.6 Å². The topological polar surface area (TPSA) is 128 Å². The van der Waals surface area contributed by atoms with Crippen molar-refractivity contribution in [2.45, 2.75) is 76.5 Å². The van der Waals surface area contributed by atoms with Crippen molar-refractivity contribution in [1.29, 1.82) is 0 Å². The summed E-state index contributed by atoms with van der Waals surface area (Å²) in [6, 6.07) is 5.03. The highest BCUT2D eigenvalue weighted by Gasteiger charge is 2.66. The first-order valence-electron chi connectivity index (χ1n) is 11.8. The van der Waals surface area contributed by atoms with Gasteiger partial charge in [0.25, 0.3) is 5.91 Å². The van der Waals surface area contributed by atoms with Gasteiger partial charge >= 0.3 is 13.7 Å². The van der Waals surface area contributed by atoms with Gasteiger partial charge in [0.1, 0.15) is 23.3 Å². The van der Waals surface area contributed by atoms with Gasteiger partial charge in [-0.1, -0.05) is 0 Å². The van der Waals surface area contributed by atoms with E-state index in [1.165, 1.54) is 6.08 Å². The standard InChI is InChI=1S/C23H28F2N3O8P/c1-12(2)35-37(31)32-11-16-18(36-37)23(24,25)20(33-16)28-8-7-17(27-21(28)30)26-19(29)13-5-6-15-14(9-13)10-22(3,4)34-15/h5-9,12,16,18,20-21,30H,10-11H2,1-4H3,(H,26,27,29)/t16-,18-,20?,21?,37?/m1/s1. The Bertz CT molecular complexity index is 1210. The van der Waals surface area contributed by atoms with E-state index in [2.05, 4.69) is 10.3 Å². The van der Waals surface area contributed by atoms with E-state index in [1.807, 2.05) is 13.8 Å². The number of nitrogens with zero attached hydrogens (tertiary/aromatic N) is 2. The second-order valence-corrected chi connectivity index (χ2v) is 11.6. The lowest BCUT2D eigenvalue weighted by Crippen LogP contribution is -2.52. The molecule has 5 atom stereocenters. The Labute approximate surface area is 212 Å². The molecule has 1 aromatic rings. The van der Waals surface area contributed by atoms with E-state index < -0.39 is 57.2 Å². The zero-order valence-corrected chi connectivity index (χ0v) is 21.5. The number of alkyl halides is 2. The first-order valence-corrected chi connectivity index (χ1v) is 13.2. The summed E-state index contributed by atoms with van der Waals surface area (Å²) in [7, 11) is -4.21. The molecule has 37 heavy (non-hydrogen) atoms. The number of rotatable bonds is 4. The van der Waals surface area contributed by atoms with Gasteiger partial charge in [0.15, 0.2) is 6.10 Å². The van der Waals surface area contributed by atoms with Crippen LogP contribution in [0.15, 0.2) is 35.5 Å². The number of amidine groups is 1. The minimum absolute atomic E-state index is 0.0287. The maximum Gasteiger partial charge on any atom is 0.475 e. The molecule has 11 nitrogen and oxygen atoms in total. The molecular weight excluding hydrogens is 515 g/mol. The maximum atomic E-state index is 15.3. The number of nitrogens with one attached hydrogen (secondary N) is 1. The van der Waals surface area contributed by atoms with Gasteiger partial charge in [0.2, 0.25) is 12.6 Å². The molecule has 0 radical (unpaired) electrons.